The van der Waals surface area contributed by atoms with Gasteiger partial charge in [0.15, 0.2) is 0 Å². The molecule has 1 aromatic heterocycles. The van der Waals surface area contributed by atoms with Gasteiger partial charge in [0, 0.05) is 14.7 Å². The second-order valence-electron chi connectivity index (χ2n) is 4.48. The van der Waals surface area contributed by atoms with Gasteiger partial charge in [0.25, 0.3) is 0 Å². The molecular weight excluding hydrogens is 352 g/mol. The number of pyridine rings is 1. The zero-order chi connectivity index (χ0) is 12.6. The van der Waals surface area contributed by atoms with E-state index in [0.717, 1.165) is 21.2 Å². The molecular formula is C13H12ClFIN. The number of nitrogens with zero attached hydrogens (tertiary/aromatic N) is 1. The van der Waals surface area contributed by atoms with Gasteiger partial charge in [0.1, 0.15) is 5.82 Å². The molecule has 0 aliphatic rings. The van der Waals surface area contributed by atoms with Gasteiger partial charge in [-0.25, -0.2) is 4.39 Å². The summed E-state index contributed by atoms with van der Waals surface area (Å²) in [5, 5.41) is 1.26. The maximum atomic E-state index is 13.3. The van der Waals surface area contributed by atoms with Crippen molar-refractivity contribution in [1.82, 2.24) is 4.98 Å². The predicted molar refractivity (Wildman–Crippen MR) is 78.0 cm³/mol. The highest BCUT2D eigenvalue weighted by molar-refractivity contribution is 14.1. The molecule has 1 aromatic carbocycles. The third-order valence-corrected chi connectivity index (χ3v) is 3.59. The molecule has 0 aliphatic heterocycles. The Morgan fingerprint density at radius 3 is 2.71 bits per heavy atom. The Hall–Kier alpha value is -0.420. The molecule has 0 bridgehead atoms. The molecule has 4 heteroatoms. The van der Waals surface area contributed by atoms with Gasteiger partial charge in [-0.05, 0) is 53.1 Å². The maximum Gasteiger partial charge on any atom is 0.125 e. The first-order chi connectivity index (χ1) is 7.97. The van der Waals surface area contributed by atoms with Gasteiger partial charge >= 0.3 is 0 Å². The third kappa shape index (κ3) is 2.88. The number of halogens is 3. The lowest BCUT2D eigenvalue weighted by molar-refractivity contribution is 0.627. The van der Waals surface area contributed by atoms with Crippen molar-refractivity contribution in [3.8, 4) is 0 Å². The summed E-state index contributed by atoms with van der Waals surface area (Å²) in [7, 11) is 0. The van der Waals surface area contributed by atoms with E-state index in [-0.39, 0.29) is 5.82 Å². The van der Waals surface area contributed by atoms with Gasteiger partial charge in [-0.1, -0.05) is 25.4 Å². The topological polar surface area (TPSA) is 12.9 Å². The van der Waals surface area contributed by atoms with E-state index < -0.39 is 0 Å². The molecule has 17 heavy (non-hydrogen) atoms. The van der Waals surface area contributed by atoms with Crippen LogP contribution in [0, 0.1) is 15.3 Å². The zero-order valence-corrected chi connectivity index (χ0v) is 12.5. The van der Waals surface area contributed by atoms with E-state index in [0.29, 0.717) is 16.3 Å². The van der Waals surface area contributed by atoms with Crippen molar-refractivity contribution >= 4 is 45.1 Å². The highest BCUT2D eigenvalue weighted by Crippen LogP contribution is 2.28. The van der Waals surface area contributed by atoms with Crippen LogP contribution in [0.2, 0.25) is 5.02 Å². The minimum atomic E-state index is -0.276. The van der Waals surface area contributed by atoms with Crippen LogP contribution in [-0.2, 0) is 6.42 Å². The Balaban J connectivity index is 2.64. The van der Waals surface area contributed by atoms with Gasteiger partial charge in [-0.3, -0.25) is 4.98 Å². The van der Waals surface area contributed by atoms with Crippen molar-refractivity contribution in [1.29, 1.82) is 0 Å². The summed E-state index contributed by atoms with van der Waals surface area (Å²) in [6, 6.07) is 4.75. The first-order valence-corrected chi connectivity index (χ1v) is 6.87. The lowest BCUT2D eigenvalue weighted by Crippen LogP contribution is -1.99. The fourth-order valence-corrected chi connectivity index (χ4v) is 2.76. The van der Waals surface area contributed by atoms with Gasteiger partial charge in [0.05, 0.1) is 10.5 Å². The highest BCUT2D eigenvalue weighted by atomic mass is 127. The summed E-state index contributed by atoms with van der Waals surface area (Å²) in [6.07, 6.45) is 0.878. The standard InChI is InChI=1S/C13H12ClFIN/c1-7(2)3-9-6-11(14)10-4-8(15)5-12(16)13(10)17-9/h4-7H,3H2,1-2H3. The number of fused-ring (bicyclic) bond motifs is 1. The SMILES string of the molecule is CC(C)Cc1cc(Cl)c2cc(F)cc(I)c2n1. The second-order valence-corrected chi connectivity index (χ2v) is 6.05. The Kier molecular flexibility index (Phi) is 3.88. The Morgan fingerprint density at radius 1 is 1.35 bits per heavy atom. The molecule has 0 amide bonds. The number of aromatic nitrogens is 1. The van der Waals surface area contributed by atoms with Gasteiger partial charge < -0.3 is 0 Å². The largest absolute Gasteiger partial charge is 0.252 e. The van der Waals surface area contributed by atoms with Crippen molar-refractivity contribution < 1.29 is 4.39 Å². The minimum Gasteiger partial charge on any atom is -0.252 e. The third-order valence-electron chi connectivity index (χ3n) is 2.45. The molecule has 0 spiro atoms. The molecule has 0 atom stereocenters. The van der Waals surface area contributed by atoms with E-state index in [1.54, 1.807) is 0 Å². The quantitative estimate of drug-likeness (QED) is 0.696. The van der Waals surface area contributed by atoms with Crippen LogP contribution < -0.4 is 0 Å². The van der Waals surface area contributed by atoms with Crippen LogP contribution in [0.15, 0.2) is 18.2 Å². The van der Waals surface area contributed by atoms with Crippen molar-refractivity contribution in [2.45, 2.75) is 20.3 Å². The summed E-state index contributed by atoms with van der Waals surface area (Å²) < 4.78 is 14.1. The first kappa shape index (κ1) is 13.0. The summed E-state index contributed by atoms with van der Waals surface area (Å²) in [5.41, 5.74) is 1.75. The molecule has 90 valence electrons. The van der Waals surface area contributed by atoms with E-state index in [4.69, 9.17) is 11.6 Å². The molecule has 0 N–H and O–H groups in total. The van der Waals surface area contributed by atoms with E-state index in [9.17, 15) is 4.39 Å². The van der Waals surface area contributed by atoms with E-state index in [1.807, 2.05) is 6.07 Å². The number of rotatable bonds is 2. The van der Waals surface area contributed by atoms with Crippen molar-refractivity contribution in [2.75, 3.05) is 0 Å². The lowest BCUT2D eigenvalue weighted by Gasteiger charge is -2.08. The van der Waals surface area contributed by atoms with E-state index in [2.05, 4.69) is 41.4 Å². The van der Waals surface area contributed by atoms with Gasteiger partial charge in [-0.2, -0.15) is 0 Å². The fourth-order valence-electron chi connectivity index (χ4n) is 1.78. The average molecular weight is 364 g/mol. The van der Waals surface area contributed by atoms with Crippen molar-refractivity contribution in [3.63, 3.8) is 0 Å². The molecule has 2 rings (SSSR count). The Labute approximate surface area is 119 Å². The fraction of sp³-hybridized carbons (Fsp3) is 0.308. The molecule has 0 unspecified atom stereocenters. The smallest absolute Gasteiger partial charge is 0.125 e. The number of hydrogen-bond acceptors (Lipinski definition) is 1. The van der Waals surface area contributed by atoms with E-state index in [1.165, 1.54) is 12.1 Å². The van der Waals surface area contributed by atoms with Crippen molar-refractivity contribution in [2.24, 2.45) is 5.92 Å². The van der Waals surface area contributed by atoms with Crippen LogP contribution in [0.1, 0.15) is 19.5 Å². The molecule has 0 saturated heterocycles. The number of hydrogen-bond donors (Lipinski definition) is 0. The molecule has 1 nitrogen and oxygen atoms in total. The molecule has 0 aliphatic carbocycles. The van der Waals surface area contributed by atoms with Crippen LogP contribution in [0.4, 0.5) is 4.39 Å². The van der Waals surface area contributed by atoms with Crippen molar-refractivity contribution in [3.05, 3.63) is 38.3 Å². The predicted octanol–water partition coefficient (Wildman–Crippen LogP) is 4.83. The normalized spacial score (nSPS) is 11.4. The van der Waals surface area contributed by atoms with Crippen LogP contribution in [0.5, 0.6) is 0 Å². The van der Waals surface area contributed by atoms with Crippen LogP contribution in [0.25, 0.3) is 10.9 Å². The number of benzene rings is 1. The molecule has 1 heterocycles. The van der Waals surface area contributed by atoms with Crippen LogP contribution in [-0.4, -0.2) is 4.98 Å². The van der Waals surface area contributed by atoms with Gasteiger partial charge in [-0.15, -0.1) is 0 Å². The van der Waals surface area contributed by atoms with Crippen LogP contribution >= 0.6 is 34.2 Å². The summed E-state index contributed by atoms with van der Waals surface area (Å²) >= 11 is 8.27. The highest BCUT2D eigenvalue weighted by Gasteiger charge is 2.10. The molecule has 0 radical (unpaired) electrons. The first-order valence-electron chi connectivity index (χ1n) is 5.41. The minimum absolute atomic E-state index is 0.276. The summed E-state index contributed by atoms with van der Waals surface area (Å²) in [6.45, 7) is 4.27. The second kappa shape index (κ2) is 5.06. The monoisotopic (exact) mass is 363 g/mol. The Morgan fingerprint density at radius 2 is 2.06 bits per heavy atom. The molecule has 2 aromatic rings. The zero-order valence-electron chi connectivity index (χ0n) is 9.60. The van der Waals surface area contributed by atoms with Gasteiger partial charge in [0.2, 0.25) is 0 Å². The van der Waals surface area contributed by atoms with Crippen LogP contribution in [0.3, 0.4) is 0 Å². The molecule has 0 saturated carbocycles. The maximum absolute atomic E-state index is 13.3. The summed E-state index contributed by atoms with van der Waals surface area (Å²) in [4.78, 5) is 4.56. The average Bonchev–Trinajstić information content (AvgIpc) is 2.19. The lowest BCUT2D eigenvalue weighted by atomic mass is 10.1. The molecule has 0 fully saturated rings. The Bertz CT molecular complexity index is 569. The van der Waals surface area contributed by atoms with E-state index >= 15 is 0 Å². The summed E-state index contributed by atoms with van der Waals surface area (Å²) in [5.74, 6) is 0.247.